The van der Waals surface area contributed by atoms with Crippen molar-refractivity contribution in [1.29, 1.82) is 0 Å². The molecule has 3 aromatic rings. The summed E-state index contributed by atoms with van der Waals surface area (Å²) in [4.78, 5) is 16.6. The van der Waals surface area contributed by atoms with Gasteiger partial charge in [0.05, 0.1) is 0 Å². The van der Waals surface area contributed by atoms with Crippen molar-refractivity contribution >= 4 is 17.4 Å². The SMILES string of the molecule is CC(C)c1ccc(CCNc2cc(C(=O)Nc3ccc(F)c(F)c3)ccn2)cc1. The molecule has 6 heteroatoms. The first-order valence-electron chi connectivity index (χ1n) is 9.47. The van der Waals surface area contributed by atoms with E-state index in [2.05, 4.69) is 53.7 Å². The molecule has 1 heterocycles. The molecular formula is C23H23F2N3O. The first-order chi connectivity index (χ1) is 13.9. The zero-order chi connectivity index (χ0) is 20.8. The number of amides is 1. The van der Waals surface area contributed by atoms with Crippen LogP contribution < -0.4 is 10.6 Å². The largest absolute Gasteiger partial charge is 0.370 e. The summed E-state index contributed by atoms with van der Waals surface area (Å²) in [5, 5.41) is 5.75. The predicted molar refractivity (Wildman–Crippen MR) is 111 cm³/mol. The lowest BCUT2D eigenvalue weighted by molar-refractivity contribution is 0.102. The maximum Gasteiger partial charge on any atom is 0.255 e. The molecule has 150 valence electrons. The lowest BCUT2D eigenvalue weighted by atomic mass is 10.0. The lowest BCUT2D eigenvalue weighted by Crippen LogP contribution is -2.13. The number of rotatable bonds is 7. The van der Waals surface area contributed by atoms with Crippen LogP contribution in [0.4, 0.5) is 20.3 Å². The van der Waals surface area contributed by atoms with E-state index in [1.165, 1.54) is 23.4 Å². The van der Waals surface area contributed by atoms with Gasteiger partial charge in [-0.2, -0.15) is 0 Å². The number of carbonyl (C=O) groups is 1. The van der Waals surface area contributed by atoms with Crippen molar-refractivity contribution in [3.63, 3.8) is 0 Å². The molecule has 1 amide bonds. The molecule has 0 aliphatic carbocycles. The van der Waals surface area contributed by atoms with Gasteiger partial charge < -0.3 is 10.6 Å². The van der Waals surface area contributed by atoms with Crippen LogP contribution >= 0.6 is 0 Å². The van der Waals surface area contributed by atoms with Gasteiger partial charge in [0.15, 0.2) is 11.6 Å². The third-order valence-corrected chi connectivity index (χ3v) is 4.57. The van der Waals surface area contributed by atoms with Crippen LogP contribution in [0.2, 0.25) is 0 Å². The Kier molecular flexibility index (Phi) is 6.54. The first-order valence-corrected chi connectivity index (χ1v) is 9.47. The molecule has 0 radical (unpaired) electrons. The molecule has 2 aromatic carbocycles. The molecule has 0 unspecified atom stereocenters. The zero-order valence-corrected chi connectivity index (χ0v) is 16.4. The van der Waals surface area contributed by atoms with E-state index >= 15 is 0 Å². The minimum atomic E-state index is -1.01. The first kappa shape index (κ1) is 20.5. The van der Waals surface area contributed by atoms with E-state index in [0.717, 1.165) is 18.6 Å². The Morgan fingerprint density at radius 2 is 1.76 bits per heavy atom. The second-order valence-corrected chi connectivity index (χ2v) is 7.09. The molecular weight excluding hydrogens is 372 g/mol. The number of anilines is 2. The van der Waals surface area contributed by atoms with Crippen LogP contribution in [0.5, 0.6) is 0 Å². The monoisotopic (exact) mass is 395 g/mol. The van der Waals surface area contributed by atoms with Gasteiger partial charge in [0.25, 0.3) is 5.91 Å². The maximum absolute atomic E-state index is 13.3. The van der Waals surface area contributed by atoms with Gasteiger partial charge in [-0.15, -0.1) is 0 Å². The molecule has 0 bridgehead atoms. The van der Waals surface area contributed by atoms with E-state index in [1.807, 2.05) is 0 Å². The average molecular weight is 395 g/mol. The Balaban J connectivity index is 1.57. The number of carbonyl (C=O) groups excluding carboxylic acids is 1. The highest BCUT2D eigenvalue weighted by Crippen LogP contribution is 2.16. The summed E-state index contributed by atoms with van der Waals surface area (Å²) in [5.41, 5.74) is 3.08. The average Bonchev–Trinajstić information content (AvgIpc) is 2.71. The third-order valence-electron chi connectivity index (χ3n) is 4.57. The minimum Gasteiger partial charge on any atom is -0.370 e. The number of hydrogen-bond donors (Lipinski definition) is 2. The number of nitrogens with one attached hydrogen (secondary N) is 2. The number of hydrogen-bond acceptors (Lipinski definition) is 3. The number of aromatic nitrogens is 1. The molecule has 0 spiro atoms. The summed E-state index contributed by atoms with van der Waals surface area (Å²) in [5.74, 6) is -1.32. The van der Waals surface area contributed by atoms with E-state index in [-0.39, 0.29) is 5.69 Å². The van der Waals surface area contributed by atoms with Gasteiger partial charge in [0.1, 0.15) is 5.82 Å². The summed E-state index contributed by atoms with van der Waals surface area (Å²) in [7, 11) is 0. The van der Waals surface area contributed by atoms with Crippen LogP contribution in [-0.2, 0) is 6.42 Å². The number of halogens is 2. The Bertz CT molecular complexity index is 988. The molecule has 0 fully saturated rings. The van der Waals surface area contributed by atoms with Gasteiger partial charge in [-0.3, -0.25) is 4.79 Å². The lowest BCUT2D eigenvalue weighted by Gasteiger charge is -2.10. The van der Waals surface area contributed by atoms with Gasteiger partial charge in [0.2, 0.25) is 0 Å². The van der Waals surface area contributed by atoms with E-state index < -0.39 is 17.5 Å². The fraction of sp³-hybridized carbons (Fsp3) is 0.217. The molecule has 0 aliphatic rings. The van der Waals surface area contributed by atoms with Crippen LogP contribution in [0.15, 0.2) is 60.8 Å². The second-order valence-electron chi connectivity index (χ2n) is 7.09. The van der Waals surface area contributed by atoms with Gasteiger partial charge >= 0.3 is 0 Å². The van der Waals surface area contributed by atoms with Gasteiger partial charge in [0, 0.05) is 30.1 Å². The summed E-state index contributed by atoms with van der Waals surface area (Å²) < 4.78 is 26.3. The summed E-state index contributed by atoms with van der Waals surface area (Å²) >= 11 is 0. The van der Waals surface area contributed by atoms with E-state index in [1.54, 1.807) is 12.1 Å². The second kappa shape index (κ2) is 9.28. The van der Waals surface area contributed by atoms with Crippen molar-refractivity contribution in [2.45, 2.75) is 26.2 Å². The van der Waals surface area contributed by atoms with Crippen molar-refractivity contribution in [3.8, 4) is 0 Å². The number of benzene rings is 2. The Hall–Kier alpha value is -3.28. The van der Waals surface area contributed by atoms with Crippen molar-refractivity contribution < 1.29 is 13.6 Å². The summed E-state index contributed by atoms with van der Waals surface area (Å²) in [6, 6.07) is 14.9. The number of nitrogens with zero attached hydrogens (tertiary/aromatic N) is 1. The highest BCUT2D eigenvalue weighted by molar-refractivity contribution is 6.04. The molecule has 2 N–H and O–H groups in total. The molecule has 1 aromatic heterocycles. The molecule has 4 nitrogen and oxygen atoms in total. The predicted octanol–water partition coefficient (Wildman–Crippen LogP) is 5.39. The van der Waals surface area contributed by atoms with Crippen LogP contribution in [0.25, 0.3) is 0 Å². The minimum absolute atomic E-state index is 0.185. The fourth-order valence-corrected chi connectivity index (χ4v) is 2.85. The zero-order valence-electron chi connectivity index (χ0n) is 16.4. The highest BCUT2D eigenvalue weighted by Gasteiger charge is 2.09. The van der Waals surface area contributed by atoms with E-state index in [4.69, 9.17) is 0 Å². The maximum atomic E-state index is 13.3. The van der Waals surface area contributed by atoms with Crippen molar-refractivity contribution in [3.05, 3.63) is 89.1 Å². The van der Waals surface area contributed by atoms with Gasteiger partial charge in [-0.25, -0.2) is 13.8 Å². The van der Waals surface area contributed by atoms with Crippen molar-refractivity contribution in [2.75, 3.05) is 17.2 Å². The third kappa shape index (κ3) is 5.60. The molecule has 3 rings (SSSR count). The molecule has 29 heavy (non-hydrogen) atoms. The summed E-state index contributed by atoms with van der Waals surface area (Å²) in [6.45, 7) is 5.00. The Labute approximate surface area is 169 Å². The topological polar surface area (TPSA) is 54.0 Å². The number of pyridine rings is 1. The van der Waals surface area contributed by atoms with E-state index in [9.17, 15) is 13.6 Å². The fourth-order valence-electron chi connectivity index (χ4n) is 2.85. The molecule has 0 aliphatic heterocycles. The molecule has 0 saturated heterocycles. The van der Waals surface area contributed by atoms with Gasteiger partial charge in [-0.1, -0.05) is 38.1 Å². The van der Waals surface area contributed by atoms with Crippen LogP contribution in [0, 0.1) is 11.6 Å². The smallest absolute Gasteiger partial charge is 0.255 e. The van der Waals surface area contributed by atoms with Crippen LogP contribution in [0.1, 0.15) is 41.3 Å². The van der Waals surface area contributed by atoms with Crippen LogP contribution in [-0.4, -0.2) is 17.4 Å². The quantitative estimate of drug-likeness (QED) is 0.564. The van der Waals surface area contributed by atoms with Crippen LogP contribution in [0.3, 0.4) is 0 Å². The summed E-state index contributed by atoms with van der Waals surface area (Å²) in [6.07, 6.45) is 2.35. The Morgan fingerprint density at radius 1 is 1.00 bits per heavy atom. The normalized spacial score (nSPS) is 10.8. The molecule has 0 saturated carbocycles. The van der Waals surface area contributed by atoms with Crippen molar-refractivity contribution in [1.82, 2.24) is 4.98 Å². The standard InChI is InChI=1S/C23H23F2N3O/c1-15(2)17-5-3-16(4-6-17)9-11-26-22-13-18(10-12-27-22)23(29)28-19-7-8-20(24)21(25)14-19/h3-8,10,12-15H,9,11H2,1-2H3,(H,26,27)(H,28,29). The molecule has 0 atom stereocenters. The van der Waals surface area contributed by atoms with Gasteiger partial charge in [-0.05, 0) is 47.7 Å². The van der Waals surface area contributed by atoms with Crippen molar-refractivity contribution in [2.24, 2.45) is 0 Å². The van der Waals surface area contributed by atoms with E-state index in [0.29, 0.717) is 23.8 Å². The Morgan fingerprint density at radius 3 is 2.45 bits per heavy atom. The highest BCUT2D eigenvalue weighted by atomic mass is 19.2.